The third-order valence-corrected chi connectivity index (χ3v) is 3.79. The van der Waals surface area contributed by atoms with Crippen molar-refractivity contribution in [1.29, 1.82) is 0 Å². The van der Waals surface area contributed by atoms with Gasteiger partial charge in [-0.2, -0.15) is 0 Å². The van der Waals surface area contributed by atoms with Crippen LogP contribution in [0.3, 0.4) is 0 Å². The van der Waals surface area contributed by atoms with Gasteiger partial charge in [-0.3, -0.25) is 0 Å². The highest BCUT2D eigenvalue weighted by Crippen LogP contribution is 2.22. The summed E-state index contributed by atoms with van der Waals surface area (Å²) in [6.45, 7) is 3.05. The van der Waals surface area contributed by atoms with Crippen LogP contribution in [0.2, 0.25) is 0 Å². The van der Waals surface area contributed by atoms with Crippen LogP contribution in [0.1, 0.15) is 5.56 Å². The number of rotatable bonds is 6. The summed E-state index contributed by atoms with van der Waals surface area (Å²) >= 11 is 1.83. The molecule has 100 valence electrons. The minimum absolute atomic E-state index is 0.913. The lowest BCUT2D eigenvalue weighted by Gasteiger charge is -2.07. The van der Waals surface area contributed by atoms with Crippen molar-refractivity contribution in [2.24, 2.45) is 0 Å². The fourth-order valence-electron chi connectivity index (χ4n) is 1.73. The van der Waals surface area contributed by atoms with Crippen LogP contribution in [0.5, 0.6) is 5.75 Å². The van der Waals surface area contributed by atoms with Crippen LogP contribution in [0.15, 0.2) is 53.4 Å². The molecule has 0 aliphatic rings. The second-order valence-corrected chi connectivity index (χ2v) is 5.49. The van der Waals surface area contributed by atoms with Crippen LogP contribution in [-0.4, -0.2) is 19.4 Å². The van der Waals surface area contributed by atoms with E-state index in [1.54, 1.807) is 7.11 Å². The minimum Gasteiger partial charge on any atom is -0.497 e. The monoisotopic (exact) mass is 273 g/mol. The van der Waals surface area contributed by atoms with Crippen molar-refractivity contribution in [1.82, 2.24) is 0 Å². The Bertz CT molecular complexity index is 510. The van der Waals surface area contributed by atoms with E-state index in [1.807, 2.05) is 23.9 Å². The van der Waals surface area contributed by atoms with Gasteiger partial charge in [0, 0.05) is 22.9 Å². The number of hydrogen-bond acceptors (Lipinski definition) is 3. The van der Waals surface area contributed by atoms with E-state index in [4.69, 9.17) is 4.74 Å². The lowest BCUT2D eigenvalue weighted by Crippen LogP contribution is -2.03. The van der Waals surface area contributed by atoms with Crippen molar-refractivity contribution >= 4 is 17.4 Å². The van der Waals surface area contributed by atoms with Crippen molar-refractivity contribution in [3.05, 3.63) is 54.1 Å². The molecule has 0 spiro atoms. The fraction of sp³-hybridized carbons (Fsp3) is 0.250. The summed E-state index contributed by atoms with van der Waals surface area (Å²) in [5, 5.41) is 3.42. The number of benzene rings is 2. The van der Waals surface area contributed by atoms with Gasteiger partial charge in [0.05, 0.1) is 7.11 Å². The van der Waals surface area contributed by atoms with Crippen molar-refractivity contribution in [2.45, 2.75) is 11.8 Å². The second kappa shape index (κ2) is 7.10. The van der Waals surface area contributed by atoms with E-state index < -0.39 is 0 Å². The number of hydrogen-bond donors (Lipinski definition) is 1. The Morgan fingerprint density at radius 1 is 1.11 bits per heavy atom. The van der Waals surface area contributed by atoms with E-state index in [0.29, 0.717) is 0 Å². The standard InChI is InChI=1S/C16H19NOS/c1-13-6-8-14(9-7-13)17-10-11-19-16-5-3-4-15(12-16)18-2/h3-9,12,17H,10-11H2,1-2H3. The van der Waals surface area contributed by atoms with Gasteiger partial charge < -0.3 is 10.1 Å². The number of anilines is 1. The first-order valence-electron chi connectivity index (χ1n) is 6.35. The normalized spacial score (nSPS) is 10.2. The average molecular weight is 273 g/mol. The highest BCUT2D eigenvalue weighted by molar-refractivity contribution is 7.99. The third-order valence-electron chi connectivity index (χ3n) is 2.79. The zero-order valence-electron chi connectivity index (χ0n) is 11.3. The molecule has 0 aliphatic carbocycles. The zero-order valence-corrected chi connectivity index (χ0v) is 12.2. The van der Waals surface area contributed by atoms with Crippen LogP contribution in [0.4, 0.5) is 5.69 Å². The molecule has 2 aromatic rings. The quantitative estimate of drug-likeness (QED) is 0.629. The van der Waals surface area contributed by atoms with Gasteiger partial charge in [-0.25, -0.2) is 0 Å². The van der Waals surface area contributed by atoms with Gasteiger partial charge in [0.2, 0.25) is 0 Å². The Morgan fingerprint density at radius 2 is 1.89 bits per heavy atom. The molecular formula is C16H19NOS. The molecule has 0 fully saturated rings. The molecule has 0 aliphatic heterocycles. The zero-order chi connectivity index (χ0) is 13.5. The molecule has 0 unspecified atom stereocenters. The van der Waals surface area contributed by atoms with E-state index in [-0.39, 0.29) is 0 Å². The summed E-state index contributed by atoms with van der Waals surface area (Å²) in [5.41, 5.74) is 2.47. The van der Waals surface area contributed by atoms with Gasteiger partial charge >= 0.3 is 0 Å². The summed E-state index contributed by atoms with van der Waals surface area (Å²) in [7, 11) is 1.70. The first-order valence-corrected chi connectivity index (χ1v) is 7.34. The molecule has 2 nitrogen and oxygen atoms in total. The van der Waals surface area contributed by atoms with Gasteiger partial charge in [-0.05, 0) is 37.3 Å². The highest BCUT2D eigenvalue weighted by atomic mass is 32.2. The summed E-state index contributed by atoms with van der Waals surface area (Å²) in [6, 6.07) is 16.6. The van der Waals surface area contributed by atoms with Gasteiger partial charge in [-0.1, -0.05) is 23.8 Å². The number of aryl methyl sites for hydroxylation is 1. The highest BCUT2D eigenvalue weighted by Gasteiger charge is 1.97. The molecule has 2 aromatic carbocycles. The minimum atomic E-state index is 0.913. The van der Waals surface area contributed by atoms with Crippen molar-refractivity contribution < 1.29 is 4.74 Å². The Labute approximate surface area is 119 Å². The molecule has 0 radical (unpaired) electrons. The lowest BCUT2D eigenvalue weighted by molar-refractivity contribution is 0.413. The first-order chi connectivity index (χ1) is 9.28. The molecule has 3 heteroatoms. The molecule has 19 heavy (non-hydrogen) atoms. The van der Waals surface area contributed by atoms with E-state index in [1.165, 1.54) is 16.1 Å². The van der Waals surface area contributed by atoms with Gasteiger partial charge in [0.15, 0.2) is 0 Å². The van der Waals surface area contributed by atoms with Crippen LogP contribution < -0.4 is 10.1 Å². The second-order valence-electron chi connectivity index (χ2n) is 4.32. The largest absolute Gasteiger partial charge is 0.497 e. The smallest absolute Gasteiger partial charge is 0.119 e. The van der Waals surface area contributed by atoms with Crippen LogP contribution >= 0.6 is 11.8 Å². The number of nitrogens with one attached hydrogen (secondary N) is 1. The van der Waals surface area contributed by atoms with E-state index in [0.717, 1.165) is 18.0 Å². The molecule has 0 saturated heterocycles. The van der Waals surface area contributed by atoms with E-state index >= 15 is 0 Å². The predicted octanol–water partition coefficient (Wildman–Crippen LogP) is 4.21. The number of thioether (sulfide) groups is 1. The predicted molar refractivity (Wildman–Crippen MR) is 83.4 cm³/mol. The average Bonchev–Trinajstić information content (AvgIpc) is 2.46. The Kier molecular flexibility index (Phi) is 5.16. The molecule has 0 amide bonds. The molecule has 0 saturated carbocycles. The van der Waals surface area contributed by atoms with Crippen molar-refractivity contribution in [3.8, 4) is 5.75 Å². The summed E-state index contributed by atoms with van der Waals surface area (Å²) in [6.07, 6.45) is 0. The maximum atomic E-state index is 5.21. The Morgan fingerprint density at radius 3 is 2.63 bits per heavy atom. The van der Waals surface area contributed by atoms with Crippen molar-refractivity contribution in [3.63, 3.8) is 0 Å². The molecule has 1 N–H and O–H groups in total. The molecule has 2 rings (SSSR count). The Balaban J connectivity index is 1.75. The molecule has 0 atom stereocenters. The van der Waals surface area contributed by atoms with Crippen molar-refractivity contribution in [2.75, 3.05) is 24.7 Å². The van der Waals surface area contributed by atoms with Crippen LogP contribution in [-0.2, 0) is 0 Å². The molecule has 0 heterocycles. The summed E-state index contributed by atoms with van der Waals surface area (Å²) in [4.78, 5) is 1.24. The summed E-state index contributed by atoms with van der Waals surface area (Å²) < 4.78 is 5.21. The molecular weight excluding hydrogens is 254 g/mol. The first kappa shape index (κ1) is 13.8. The Hall–Kier alpha value is -1.61. The SMILES string of the molecule is COc1cccc(SCCNc2ccc(C)cc2)c1. The summed E-state index contributed by atoms with van der Waals surface area (Å²) in [5.74, 6) is 1.94. The third kappa shape index (κ3) is 4.52. The topological polar surface area (TPSA) is 21.3 Å². The number of ether oxygens (including phenoxy) is 1. The van der Waals surface area contributed by atoms with E-state index in [2.05, 4.69) is 48.6 Å². The number of methoxy groups -OCH3 is 1. The van der Waals surface area contributed by atoms with Gasteiger partial charge in [0.25, 0.3) is 0 Å². The lowest BCUT2D eigenvalue weighted by atomic mass is 10.2. The van der Waals surface area contributed by atoms with Crippen LogP contribution in [0, 0.1) is 6.92 Å². The fourth-order valence-corrected chi connectivity index (χ4v) is 2.54. The maximum absolute atomic E-state index is 5.21. The maximum Gasteiger partial charge on any atom is 0.119 e. The van der Waals surface area contributed by atoms with Gasteiger partial charge in [-0.15, -0.1) is 11.8 Å². The van der Waals surface area contributed by atoms with Gasteiger partial charge in [0.1, 0.15) is 5.75 Å². The molecule has 0 bridgehead atoms. The van der Waals surface area contributed by atoms with Crippen LogP contribution in [0.25, 0.3) is 0 Å². The van der Waals surface area contributed by atoms with E-state index in [9.17, 15) is 0 Å². The molecule has 0 aromatic heterocycles.